The molecule has 0 radical (unpaired) electrons. The fraction of sp³-hybridized carbons (Fsp3) is 0.0833. The molecule has 0 aliphatic rings. The second-order valence-electron chi connectivity index (χ2n) is 3.95. The van der Waals surface area contributed by atoms with Gasteiger partial charge in [-0.3, -0.25) is 4.72 Å². The van der Waals surface area contributed by atoms with Gasteiger partial charge in [0.1, 0.15) is 5.82 Å². The summed E-state index contributed by atoms with van der Waals surface area (Å²) in [6.07, 6.45) is 0. The number of aromatic nitrogens is 1. The van der Waals surface area contributed by atoms with Crippen molar-refractivity contribution >= 4 is 31.8 Å². The molecule has 1 aromatic carbocycles. The zero-order chi connectivity index (χ0) is 14.9. The lowest BCUT2D eigenvalue weighted by Crippen LogP contribution is -2.14. The molecule has 20 heavy (non-hydrogen) atoms. The maximum absolute atomic E-state index is 13.1. The van der Waals surface area contributed by atoms with E-state index in [4.69, 9.17) is 0 Å². The number of halogens is 3. The number of aryl methyl sites for hydroxylation is 1. The number of pyridine rings is 1. The zero-order valence-electron chi connectivity index (χ0n) is 10.2. The summed E-state index contributed by atoms with van der Waals surface area (Å²) in [6.45, 7) is 1.69. The highest BCUT2D eigenvalue weighted by atomic mass is 79.9. The summed E-state index contributed by atoms with van der Waals surface area (Å²) in [7, 11) is -4.02. The van der Waals surface area contributed by atoms with Gasteiger partial charge in [0.25, 0.3) is 10.0 Å². The Labute approximate surface area is 123 Å². The number of rotatable bonds is 3. The van der Waals surface area contributed by atoms with Crippen molar-refractivity contribution in [2.75, 3.05) is 4.72 Å². The van der Waals surface area contributed by atoms with E-state index in [0.717, 1.165) is 16.6 Å². The molecular formula is C12H9BrF2N2O2S. The van der Waals surface area contributed by atoms with Crippen molar-refractivity contribution in [3.8, 4) is 0 Å². The van der Waals surface area contributed by atoms with Gasteiger partial charge in [0.15, 0.2) is 11.6 Å². The fourth-order valence-electron chi connectivity index (χ4n) is 1.44. The predicted octanol–water partition coefficient (Wildman–Crippen LogP) is 3.23. The lowest BCUT2D eigenvalue weighted by atomic mass is 10.3. The van der Waals surface area contributed by atoms with E-state index in [-0.39, 0.29) is 10.7 Å². The molecule has 2 rings (SSSR count). The first kappa shape index (κ1) is 14.9. The Kier molecular flexibility index (Phi) is 4.05. The van der Waals surface area contributed by atoms with Crippen molar-refractivity contribution in [1.82, 2.24) is 4.98 Å². The number of hydrogen-bond donors (Lipinski definition) is 1. The van der Waals surface area contributed by atoms with Gasteiger partial charge in [-0.15, -0.1) is 0 Å². The van der Waals surface area contributed by atoms with E-state index in [1.54, 1.807) is 13.0 Å². The number of benzene rings is 1. The minimum absolute atomic E-state index is 0.0930. The monoisotopic (exact) mass is 362 g/mol. The highest BCUT2D eigenvalue weighted by Crippen LogP contribution is 2.20. The van der Waals surface area contributed by atoms with Crippen LogP contribution in [0.15, 0.2) is 39.7 Å². The topological polar surface area (TPSA) is 59.1 Å². The third-order valence-electron chi connectivity index (χ3n) is 2.46. The van der Waals surface area contributed by atoms with Crippen LogP contribution < -0.4 is 4.72 Å². The van der Waals surface area contributed by atoms with E-state index in [1.807, 2.05) is 0 Å². The zero-order valence-corrected chi connectivity index (χ0v) is 12.6. The lowest BCUT2D eigenvalue weighted by Gasteiger charge is -2.08. The average Bonchev–Trinajstić information content (AvgIpc) is 2.37. The van der Waals surface area contributed by atoms with E-state index in [1.165, 1.54) is 6.07 Å². The summed E-state index contributed by atoms with van der Waals surface area (Å²) in [6, 6.07) is 5.43. The summed E-state index contributed by atoms with van der Waals surface area (Å²) in [4.78, 5) is 3.64. The standard InChI is InChI=1S/C12H9BrF2N2O2S/c1-7-9(13)3-5-12(16-7)17-20(18,19)8-2-4-10(14)11(15)6-8/h2-6H,1H3,(H,16,17). The number of nitrogens with one attached hydrogen (secondary N) is 1. The highest BCUT2D eigenvalue weighted by molar-refractivity contribution is 9.10. The summed E-state index contributed by atoms with van der Waals surface area (Å²) in [5, 5.41) is 0. The van der Waals surface area contributed by atoms with E-state index >= 15 is 0 Å². The van der Waals surface area contributed by atoms with Crippen LogP contribution in [-0.2, 0) is 10.0 Å². The molecule has 0 fully saturated rings. The van der Waals surface area contributed by atoms with Gasteiger partial charge >= 0.3 is 0 Å². The third kappa shape index (κ3) is 3.13. The third-order valence-corrected chi connectivity index (χ3v) is 4.65. The Morgan fingerprint density at radius 1 is 1.15 bits per heavy atom. The van der Waals surface area contributed by atoms with Gasteiger partial charge < -0.3 is 0 Å². The van der Waals surface area contributed by atoms with Crippen LogP contribution in [0.3, 0.4) is 0 Å². The van der Waals surface area contributed by atoms with Crippen LogP contribution in [0.5, 0.6) is 0 Å². The van der Waals surface area contributed by atoms with Gasteiger partial charge in [-0.25, -0.2) is 22.2 Å². The van der Waals surface area contributed by atoms with Gasteiger partial charge in [0, 0.05) is 4.47 Å². The number of hydrogen-bond acceptors (Lipinski definition) is 3. The number of anilines is 1. The molecule has 0 aliphatic heterocycles. The molecule has 1 aromatic heterocycles. The van der Waals surface area contributed by atoms with Crippen molar-refractivity contribution in [1.29, 1.82) is 0 Å². The van der Waals surface area contributed by atoms with Crippen molar-refractivity contribution in [3.63, 3.8) is 0 Å². The normalized spacial score (nSPS) is 11.4. The first-order chi connectivity index (χ1) is 9.29. The number of sulfonamides is 1. The molecule has 1 heterocycles. The molecular weight excluding hydrogens is 354 g/mol. The largest absolute Gasteiger partial charge is 0.263 e. The maximum Gasteiger partial charge on any atom is 0.263 e. The molecule has 106 valence electrons. The molecule has 1 N–H and O–H groups in total. The van der Waals surface area contributed by atoms with Crippen molar-refractivity contribution < 1.29 is 17.2 Å². The fourth-order valence-corrected chi connectivity index (χ4v) is 2.67. The van der Waals surface area contributed by atoms with Gasteiger partial charge in [0.05, 0.1) is 10.6 Å². The number of nitrogens with zero attached hydrogens (tertiary/aromatic N) is 1. The first-order valence-corrected chi connectivity index (χ1v) is 7.68. The Bertz CT molecular complexity index is 766. The van der Waals surface area contributed by atoms with Crippen LogP contribution in [-0.4, -0.2) is 13.4 Å². The molecule has 0 aliphatic carbocycles. The predicted molar refractivity (Wildman–Crippen MR) is 73.8 cm³/mol. The molecule has 4 nitrogen and oxygen atoms in total. The summed E-state index contributed by atoms with van der Waals surface area (Å²) in [5.41, 5.74) is 0.593. The molecule has 0 unspecified atom stereocenters. The molecule has 0 spiro atoms. The van der Waals surface area contributed by atoms with Gasteiger partial charge in [0.2, 0.25) is 0 Å². The van der Waals surface area contributed by atoms with Gasteiger partial charge in [-0.1, -0.05) is 0 Å². The van der Waals surface area contributed by atoms with Crippen molar-refractivity contribution in [3.05, 3.63) is 52.1 Å². The molecule has 0 saturated heterocycles. The second kappa shape index (κ2) is 5.45. The van der Waals surface area contributed by atoms with Crippen molar-refractivity contribution in [2.45, 2.75) is 11.8 Å². The van der Waals surface area contributed by atoms with E-state index in [9.17, 15) is 17.2 Å². The summed E-state index contributed by atoms with van der Waals surface area (Å²) < 4.78 is 52.8. The van der Waals surface area contributed by atoms with Crippen LogP contribution in [0.25, 0.3) is 0 Å². The van der Waals surface area contributed by atoms with Crippen LogP contribution in [0.4, 0.5) is 14.6 Å². The molecule has 2 aromatic rings. The summed E-state index contributed by atoms with van der Waals surface area (Å²) in [5.74, 6) is -2.25. The quantitative estimate of drug-likeness (QED) is 0.911. The Morgan fingerprint density at radius 3 is 2.45 bits per heavy atom. The first-order valence-electron chi connectivity index (χ1n) is 5.40. The van der Waals surface area contributed by atoms with E-state index < -0.39 is 21.7 Å². The molecule has 0 saturated carbocycles. The van der Waals surface area contributed by atoms with E-state index in [2.05, 4.69) is 25.6 Å². The lowest BCUT2D eigenvalue weighted by molar-refractivity contribution is 0.504. The van der Waals surface area contributed by atoms with Crippen LogP contribution >= 0.6 is 15.9 Å². The van der Waals surface area contributed by atoms with Gasteiger partial charge in [-0.05, 0) is 53.2 Å². The Hall–Kier alpha value is -1.54. The van der Waals surface area contributed by atoms with Crippen LogP contribution in [0, 0.1) is 18.6 Å². The SMILES string of the molecule is Cc1nc(NS(=O)(=O)c2ccc(F)c(F)c2)ccc1Br. The second-order valence-corrected chi connectivity index (χ2v) is 6.48. The molecule has 0 bridgehead atoms. The summed E-state index contributed by atoms with van der Waals surface area (Å²) >= 11 is 3.24. The van der Waals surface area contributed by atoms with E-state index in [0.29, 0.717) is 11.8 Å². The molecule has 0 amide bonds. The molecule has 0 atom stereocenters. The highest BCUT2D eigenvalue weighted by Gasteiger charge is 2.17. The minimum Gasteiger partial charge on any atom is -0.263 e. The van der Waals surface area contributed by atoms with Crippen LogP contribution in [0.1, 0.15) is 5.69 Å². The minimum atomic E-state index is -4.02. The molecule has 8 heteroatoms. The van der Waals surface area contributed by atoms with Crippen LogP contribution in [0.2, 0.25) is 0 Å². The smallest absolute Gasteiger partial charge is 0.263 e. The van der Waals surface area contributed by atoms with Gasteiger partial charge in [-0.2, -0.15) is 0 Å². The Morgan fingerprint density at radius 2 is 1.85 bits per heavy atom. The maximum atomic E-state index is 13.1. The van der Waals surface area contributed by atoms with Crippen molar-refractivity contribution in [2.24, 2.45) is 0 Å². The Balaban J connectivity index is 2.35. The average molecular weight is 363 g/mol.